The largest absolute Gasteiger partial charge is 0.466 e. The van der Waals surface area contributed by atoms with Gasteiger partial charge < -0.3 is 14.8 Å². The van der Waals surface area contributed by atoms with E-state index in [1.807, 2.05) is 11.4 Å². The van der Waals surface area contributed by atoms with Crippen LogP contribution in [-0.2, 0) is 14.3 Å². The van der Waals surface area contributed by atoms with Gasteiger partial charge in [0.15, 0.2) is 0 Å². The summed E-state index contributed by atoms with van der Waals surface area (Å²) in [5, 5.41) is 4.77. The van der Waals surface area contributed by atoms with Gasteiger partial charge in [-0.2, -0.15) is 0 Å². The molecular weight excluding hydrogens is 372 g/mol. The molecule has 0 saturated carbocycles. The van der Waals surface area contributed by atoms with E-state index in [9.17, 15) is 9.59 Å². The van der Waals surface area contributed by atoms with Crippen molar-refractivity contribution in [2.45, 2.75) is 13.0 Å². The van der Waals surface area contributed by atoms with Crippen molar-refractivity contribution in [2.75, 3.05) is 27.4 Å². The number of amides is 2. The van der Waals surface area contributed by atoms with E-state index in [-0.39, 0.29) is 6.03 Å². The average molecular weight is 389 g/mol. The minimum atomic E-state index is -0.505. The van der Waals surface area contributed by atoms with Crippen molar-refractivity contribution < 1.29 is 19.1 Å². The van der Waals surface area contributed by atoms with Crippen molar-refractivity contribution in [1.29, 1.82) is 0 Å². The molecule has 0 bridgehead atoms. The maximum Gasteiger partial charge on any atom is 0.338 e. The SMILES string of the molecule is COCCN1C(=O)NC(c2cc(Br)cs2)C(C(=O)OC)=C1C. The molecule has 120 valence electrons. The number of nitrogens with one attached hydrogen (secondary N) is 1. The van der Waals surface area contributed by atoms with Crippen LogP contribution >= 0.6 is 27.3 Å². The fourth-order valence-electron chi connectivity index (χ4n) is 2.30. The summed E-state index contributed by atoms with van der Waals surface area (Å²) in [6, 6.07) is 1.13. The number of methoxy groups -OCH3 is 2. The number of carbonyl (C=O) groups is 2. The van der Waals surface area contributed by atoms with Crippen molar-refractivity contribution >= 4 is 39.3 Å². The number of ether oxygens (including phenoxy) is 2. The molecule has 1 aromatic rings. The summed E-state index contributed by atoms with van der Waals surface area (Å²) >= 11 is 4.85. The highest BCUT2D eigenvalue weighted by Gasteiger charge is 2.36. The Morgan fingerprint density at radius 3 is 2.77 bits per heavy atom. The Bertz CT molecular complexity index is 614. The molecule has 1 N–H and O–H groups in total. The minimum Gasteiger partial charge on any atom is -0.466 e. The van der Waals surface area contributed by atoms with Gasteiger partial charge in [-0.3, -0.25) is 4.90 Å². The molecule has 6 nitrogen and oxygen atoms in total. The van der Waals surface area contributed by atoms with Gasteiger partial charge in [0.1, 0.15) is 0 Å². The topological polar surface area (TPSA) is 67.9 Å². The van der Waals surface area contributed by atoms with Crippen molar-refractivity contribution in [2.24, 2.45) is 0 Å². The molecule has 1 aliphatic rings. The van der Waals surface area contributed by atoms with Crippen LogP contribution in [0.5, 0.6) is 0 Å². The highest BCUT2D eigenvalue weighted by Crippen LogP contribution is 2.35. The highest BCUT2D eigenvalue weighted by molar-refractivity contribution is 9.10. The van der Waals surface area contributed by atoms with E-state index in [0.29, 0.717) is 24.4 Å². The van der Waals surface area contributed by atoms with Gasteiger partial charge in [-0.25, -0.2) is 9.59 Å². The molecule has 0 fully saturated rings. The lowest BCUT2D eigenvalue weighted by atomic mass is 10.0. The summed E-state index contributed by atoms with van der Waals surface area (Å²) in [6.45, 7) is 2.50. The Labute approximate surface area is 141 Å². The zero-order chi connectivity index (χ0) is 16.3. The standard InChI is InChI=1S/C14H17BrN2O4S/c1-8-11(13(18)21-3)12(10-6-9(15)7-22-10)16-14(19)17(8)4-5-20-2/h6-7,12H,4-5H2,1-3H3,(H,16,19). The maximum atomic E-state index is 12.3. The molecule has 2 amide bonds. The number of hydrogen-bond acceptors (Lipinski definition) is 5. The summed E-state index contributed by atoms with van der Waals surface area (Å²) in [5.41, 5.74) is 1.02. The highest BCUT2D eigenvalue weighted by atomic mass is 79.9. The number of urea groups is 1. The normalized spacial score (nSPS) is 18.5. The van der Waals surface area contributed by atoms with E-state index in [1.54, 1.807) is 14.0 Å². The van der Waals surface area contributed by atoms with Crippen molar-refractivity contribution in [3.8, 4) is 0 Å². The van der Waals surface area contributed by atoms with Crippen LogP contribution in [0.25, 0.3) is 0 Å². The van der Waals surface area contributed by atoms with E-state index >= 15 is 0 Å². The van der Waals surface area contributed by atoms with Crippen molar-refractivity contribution in [3.63, 3.8) is 0 Å². The summed E-state index contributed by atoms with van der Waals surface area (Å²) in [7, 11) is 2.90. The smallest absolute Gasteiger partial charge is 0.338 e. The monoisotopic (exact) mass is 388 g/mol. The minimum absolute atomic E-state index is 0.253. The van der Waals surface area contributed by atoms with Crippen molar-refractivity contribution in [3.05, 3.63) is 32.1 Å². The van der Waals surface area contributed by atoms with Gasteiger partial charge >= 0.3 is 12.0 Å². The van der Waals surface area contributed by atoms with Crippen LogP contribution in [0.15, 0.2) is 27.2 Å². The Morgan fingerprint density at radius 1 is 1.50 bits per heavy atom. The van der Waals surface area contributed by atoms with E-state index < -0.39 is 12.0 Å². The Kier molecular flexibility index (Phi) is 5.60. The second kappa shape index (κ2) is 7.26. The third-order valence-electron chi connectivity index (χ3n) is 3.39. The second-order valence-corrected chi connectivity index (χ2v) is 6.54. The first-order chi connectivity index (χ1) is 10.5. The van der Waals surface area contributed by atoms with Gasteiger partial charge in [0.25, 0.3) is 0 Å². The Hall–Kier alpha value is -1.38. The first kappa shape index (κ1) is 17.0. The van der Waals surface area contributed by atoms with E-state index in [4.69, 9.17) is 9.47 Å². The van der Waals surface area contributed by atoms with E-state index in [1.165, 1.54) is 23.3 Å². The first-order valence-electron chi connectivity index (χ1n) is 6.59. The molecule has 2 heterocycles. The van der Waals surface area contributed by atoms with Crippen LogP contribution < -0.4 is 5.32 Å². The third kappa shape index (κ3) is 3.34. The molecule has 1 aliphatic heterocycles. The van der Waals surface area contributed by atoms with Gasteiger partial charge in [-0.1, -0.05) is 0 Å². The van der Waals surface area contributed by atoms with Crippen LogP contribution in [0.2, 0.25) is 0 Å². The van der Waals surface area contributed by atoms with Crippen molar-refractivity contribution in [1.82, 2.24) is 10.2 Å². The lowest BCUT2D eigenvalue weighted by Gasteiger charge is -2.34. The number of hydrogen-bond donors (Lipinski definition) is 1. The molecule has 1 aromatic heterocycles. The van der Waals surface area contributed by atoms with E-state index in [0.717, 1.165) is 9.35 Å². The maximum absolute atomic E-state index is 12.3. The van der Waals surface area contributed by atoms with Gasteiger partial charge in [0.2, 0.25) is 0 Å². The molecule has 0 aromatic carbocycles. The van der Waals surface area contributed by atoms with Gasteiger partial charge in [-0.15, -0.1) is 11.3 Å². The zero-order valence-electron chi connectivity index (χ0n) is 12.5. The number of allylic oxidation sites excluding steroid dienone is 1. The van der Waals surface area contributed by atoms with Gasteiger partial charge in [0.05, 0.1) is 31.9 Å². The van der Waals surface area contributed by atoms with Crippen LogP contribution in [-0.4, -0.2) is 44.3 Å². The number of halogens is 1. The molecule has 0 aliphatic carbocycles. The molecule has 1 unspecified atom stereocenters. The molecule has 0 spiro atoms. The van der Waals surface area contributed by atoms with E-state index in [2.05, 4.69) is 21.2 Å². The average Bonchev–Trinajstić information content (AvgIpc) is 2.92. The second-order valence-electron chi connectivity index (χ2n) is 4.68. The first-order valence-corrected chi connectivity index (χ1v) is 8.26. The molecule has 2 rings (SSSR count). The number of carbonyl (C=O) groups excluding carboxylic acids is 2. The number of nitrogens with zero attached hydrogens (tertiary/aromatic N) is 1. The fourth-order valence-corrected chi connectivity index (χ4v) is 3.80. The lowest BCUT2D eigenvalue weighted by molar-refractivity contribution is -0.136. The predicted octanol–water partition coefficient (Wildman–Crippen LogP) is 2.67. The molecule has 22 heavy (non-hydrogen) atoms. The molecular formula is C14H17BrN2O4S. The third-order valence-corrected chi connectivity index (χ3v) is 5.15. The Balaban J connectivity index is 2.44. The molecule has 0 saturated heterocycles. The summed E-state index contributed by atoms with van der Waals surface area (Å²) in [4.78, 5) is 26.9. The van der Waals surface area contributed by atoms with Crippen LogP contribution in [0.1, 0.15) is 17.8 Å². The van der Waals surface area contributed by atoms with Crippen LogP contribution in [0.3, 0.4) is 0 Å². The molecule has 0 radical (unpaired) electrons. The summed E-state index contributed by atoms with van der Waals surface area (Å²) in [6.07, 6.45) is 0. The fraction of sp³-hybridized carbons (Fsp3) is 0.429. The zero-order valence-corrected chi connectivity index (χ0v) is 14.9. The number of rotatable bonds is 5. The van der Waals surface area contributed by atoms with Gasteiger partial charge in [0, 0.05) is 27.5 Å². The van der Waals surface area contributed by atoms with Gasteiger partial charge in [-0.05, 0) is 28.9 Å². The van der Waals surface area contributed by atoms with Crippen LogP contribution in [0.4, 0.5) is 4.79 Å². The molecule has 8 heteroatoms. The quantitative estimate of drug-likeness (QED) is 0.787. The summed E-state index contributed by atoms with van der Waals surface area (Å²) in [5.74, 6) is -0.450. The Morgan fingerprint density at radius 2 is 2.23 bits per heavy atom. The molecule has 1 atom stereocenters. The number of thiophene rings is 1. The lowest BCUT2D eigenvalue weighted by Crippen LogP contribution is -2.48. The van der Waals surface area contributed by atoms with Crippen LogP contribution in [0, 0.1) is 0 Å². The summed E-state index contributed by atoms with van der Waals surface area (Å²) < 4.78 is 10.8. The number of esters is 1. The predicted molar refractivity (Wildman–Crippen MR) is 86.6 cm³/mol.